The molecule has 0 spiro atoms. The van der Waals surface area contributed by atoms with Crippen LogP contribution in [0.25, 0.3) is 0 Å². The lowest BCUT2D eigenvalue weighted by Crippen LogP contribution is -2.71. The van der Waals surface area contributed by atoms with E-state index in [0.717, 1.165) is 17.7 Å². The first kappa shape index (κ1) is 25.9. The first-order chi connectivity index (χ1) is 16.4. The molecule has 2 aromatic carbocycles. The number of piperidine rings is 1. The van der Waals surface area contributed by atoms with Crippen molar-refractivity contribution in [3.63, 3.8) is 0 Å². The van der Waals surface area contributed by atoms with Gasteiger partial charge in [0.25, 0.3) is 0 Å². The van der Waals surface area contributed by atoms with Crippen molar-refractivity contribution in [1.29, 1.82) is 0 Å². The predicted molar refractivity (Wildman–Crippen MR) is 118 cm³/mol. The molecule has 2 aliphatic heterocycles. The van der Waals surface area contributed by atoms with Crippen LogP contribution in [0, 0.1) is 0 Å². The van der Waals surface area contributed by atoms with Crippen molar-refractivity contribution in [1.82, 2.24) is 10.2 Å². The summed E-state index contributed by atoms with van der Waals surface area (Å²) in [7, 11) is 0. The Balaban J connectivity index is 1.64. The topological polar surface area (TPSA) is 44.7 Å². The largest absolute Gasteiger partial charge is 0.416 e. The number of nitrogens with zero attached hydrogens (tertiary/aromatic N) is 1. The Hall–Kier alpha value is -2.14. The Morgan fingerprint density at radius 3 is 2.20 bits per heavy atom. The number of aliphatic hydroxyl groups excluding tert-OH is 1. The highest BCUT2D eigenvalue weighted by molar-refractivity contribution is 5.35. The van der Waals surface area contributed by atoms with Crippen LogP contribution < -0.4 is 5.32 Å². The van der Waals surface area contributed by atoms with Gasteiger partial charge in [0.15, 0.2) is 0 Å². The van der Waals surface area contributed by atoms with E-state index < -0.39 is 40.7 Å². The molecule has 192 valence electrons. The second-order valence-electron chi connectivity index (χ2n) is 9.48. The van der Waals surface area contributed by atoms with Crippen molar-refractivity contribution in [2.45, 2.75) is 49.3 Å². The zero-order valence-electron chi connectivity index (χ0n) is 19.2. The van der Waals surface area contributed by atoms with Gasteiger partial charge >= 0.3 is 12.4 Å². The van der Waals surface area contributed by atoms with E-state index in [2.05, 4.69) is 10.2 Å². The third-order valence-corrected chi connectivity index (χ3v) is 7.26. The fraction of sp³-hybridized carbons (Fsp3) is 0.520. The quantitative estimate of drug-likeness (QED) is 0.538. The molecule has 0 saturated carbocycles. The summed E-state index contributed by atoms with van der Waals surface area (Å²) in [6.45, 7) is 3.38. The summed E-state index contributed by atoms with van der Waals surface area (Å²) in [6.07, 6.45) is -9.59. The van der Waals surface area contributed by atoms with E-state index in [4.69, 9.17) is 4.74 Å². The van der Waals surface area contributed by atoms with Crippen molar-refractivity contribution in [3.8, 4) is 0 Å². The number of hydrogen-bond acceptors (Lipinski definition) is 4. The fourth-order valence-electron chi connectivity index (χ4n) is 5.17. The maximum Gasteiger partial charge on any atom is 0.416 e. The minimum atomic E-state index is -4.92. The third kappa shape index (κ3) is 5.21. The minimum absolute atomic E-state index is 0.0317. The van der Waals surface area contributed by atoms with Gasteiger partial charge in [-0.3, -0.25) is 4.90 Å². The van der Waals surface area contributed by atoms with E-state index in [1.54, 1.807) is 0 Å². The van der Waals surface area contributed by atoms with Crippen molar-refractivity contribution in [3.05, 3.63) is 70.8 Å². The molecule has 10 heteroatoms. The molecule has 2 N–H and O–H groups in total. The van der Waals surface area contributed by atoms with Crippen LogP contribution in [0.5, 0.6) is 0 Å². The number of ether oxygens (including phenoxy) is 1. The average Bonchev–Trinajstić information content (AvgIpc) is 2.83. The van der Waals surface area contributed by atoms with Crippen LogP contribution in [0.4, 0.5) is 26.3 Å². The lowest BCUT2D eigenvalue weighted by atomic mass is 9.73. The first-order valence-corrected chi connectivity index (χ1v) is 11.5. The lowest BCUT2D eigenvalue weighted by Gasteiger charge is -2.57. The van der Waals surface area contributed by atoms with Gasteiger partial charge in [-0.25, -0.2) is 0 Å². The third-order valence-electron chi connectivity index (χ3n) is 7.26. The Labute approximate surface area is 199 Å². The molecule has 0 aromatic heterocycles. The highest BCUT2D eigenvalue weighted by Crippen LogP contribution is 2.44. The molecule has 0 amide bonds. The van der Waals surface area contributed by atoms with Crippen LogP contribution in [-0.2, 0) is 22.6 Å². The molecule has 4 nitrogen and oxygen atoms in total. The SMILES string of the molecule is C[C@@H](OC[C@@]1(c2ccccc2)CC[C@]2(CO)CN1CCN2)c1cc(C(F)(F)F)cc(C(F)(F)F)c1. The van der Waals surface area contributed by atoms with Crippen molar-refractivity contribution in [2.24, 2.45) is 0 Å². The van der Waals surface area contributed by atoms with Gasteiger partial charge in [0, 0.05) is 19.6 Å². The molecule has 2 bridgehead atoms. The number of halogens is 6. The van der Waals surface area contributed by atoms with Gasteiger partial charge in [-0.05, 0) is 49.1 Å². The summed E-state index contributed by atoms with van der Waals surface area (Å²) in [5, 5.41) is 13.4. The summed E-state index contributed by atoms with van der Waals surface area (Å²) < 4.78 is 86.0. The zero-order valence-corrected chi connectivity index (χ0v) is 19.2. The number of benzene rings is 2. The van der Waals surface area contributed by atoms with Gasteiger partial charge < -0.3 is 15.2 Å². The molecule has 2 heterocycles. The second kappa shape index (κ2) is 9.38. The Morgan fingerprint density at radius 2 is 1.63 bits per heavy atom. The second-order valence-corrected chi connectivity index (χ2v) is 9.48. The molecule has 2 saturated heterocycles. The van der Waals surface area contributed by atoms with E-state index >= 15 is 0 Å². The molecule has 2 aromatic rings. The first-order valence-electron chi connectivity index (χ1n) is 11.5. The van der Waals surface area contributed by atoms with Gasteiger partial charge in [0.1, 0.15) is 0 Å². The Morgan fingerprint density at radius 1 is 1.00 bits per heavy atom. The maximum absolute atomic E-state index is 13.3. The number of fused-ring (bicyclic) bond motifs is 2. The molecule has 35 heavy (non-hydrogen) atoms. The molecule has 0 aliphatic carbocycles. The summed E-state index contributed by atoms with van der Waals surface area (Å²) in [5.41, 5.74) is -3.00. The van der Waals surface area contributed by atoms with Crippen LogP contribution >= 0.6 is 0 Å². The molecular weight excluding hydrogens is 474 g/mol. The van der Waals surface area contributed by atoms with Crippen molar-refractivity contribution in [2.75, 3.05) is 32.8 Å². The van der Waals surface area contributed by atoms with E-state index in [0.29, 0.717) is 32.5 Å². The lowest BCUT2D eigenvalue weighted by molar-refractivity contribution is -0.143. The number of aliphatic hydroxyl groups is 1. The number of alkyl halides is 6. The van der Waals surface area contributed by atoms with Crippen molar-refractivity contribution < 1.29 is 36.2 Å². The standard InChI is InChI=1S/C25H28F6N2O2/c1-17(18-11-20(24(26,27)28)13-21(12-18)25(29,30)31)35-16-23(19-5-3-2-4-6-19)8-7-22(15-34)14-33(23)10-9-32-22/h2-6,11-13,17,32,34H,7-10,14-16H2,1H3/t17-,22-,23-/m1/s1. The average molecular weight is 502 g/mol. The molecular formula is C25H28F6N2O2. The van der Waals surface area contributed by atoms with E-state index in [1.807, 2.05) is 30.3 Å². The summed E-state index contributed by atoms with van der Waals surface area (Å²) >= 11 is 0. The predicted octanol–water partition coefficient (Wildman–Crippen LogP) is 5.13. The van der Waals surface area contributed by atoms with Gasteiger partial charge in [-0.1, -0.05) is 30.3 Å². The highest BCUT2D eigenvalue weighted by Gasteiger charge is 2.50. The van der Waals surface area contributed by atoms with Crippen LogP contribution in [-0.4, -0.2) is 48.4 Å². The minimum Gasteiger partial charge on any atom is -0.394 e. The molecule has 2 aliphatic rings. The number of hydrogen-bond donors (Lipinski definition) is 2. The van der Waals surface area contributed by atoms with E-state index in [9.17, 15) is 31.4 Å². The number of rotatable bonds is 6. The summed E-state index contributed by atoms with van der Waals surface area (Å²) in [5.74, 6) is 0. The van der Waals surface area contributed by atoms with Crippen LogP contribution in [0.15, 0.2) is 48.5 Å². The van der Waals surface area contributed by atoms with E-state index in [1.165, 1.54) is 6.92 Å². The van der Waals surface area contributed by atoms with E-state index in [-0.39, 0.29) is 24.8 Å². The summed E-state index contributed by atoms with van der Waals surface area (Å²) in [4.78, 5) is 2.21. The smallest absolute Gasteiger partial charge is 0.394 e. The van der Waals surface area contributed by atoms with Gasteiger partial charge in [-0.15, -0.1) is 0 Å². The van der Waals surface area contributed by atoms with Crippen molar-refractivity contribution >= 4 is 0 Å². The fourth-order valence-corrected chi connectivity index (χ4v) is 5.17. The number of nitrogens with one attached hydrogen (secondary N) is 1. The molecule has 2 fully saturated rings. The normalized spacial score (nSPS) is 28.1. The monoisotopic (exact) mass is 502 g/mol. The van der Waals surface area contributed by atoms with Gasteiger partial charge in [0.05, 0.1) is 41.5 Å². The Kier molecular flexibility index (Phi) is 6.95. The van der Waals surface area contributed by atoms with Crippen LogP contribution in [0.2, 0.25) is 0 Å². The van der Waals surface area contributed by atoms with Gasteiger partial charge in [-0.2, -0.15) is 26.3 Å². The molecule has 0 radical (unpaired) electrons. The molecule has 4 atom stereocenters. The molecule has 1 unspecified atom stereocenters. The highest BCUT2D eigenvalue weighted by atomic mass is 19.4. The number of piperazine rings is 1. The van der Waals surface area contributed by atoms with Gasteiger partial charge in [0.2, 0.25) is 0 Å². The zero-order chi connectivity index (χ0) is 25.5. The van der Waals surface area contributed by atoms with Crippen LogP contribution in [0.3, 0.4) is 0 Å². The molecule has 4 rings (SSSR count). The Bertz CT molecular complexity index is 997. The van der Waals surface area contributed by atoms with Crippen LogP contribution in [0.1, 0.15) is 48.1 Å². The summed E-state index contributed by atoms with van der Waals surface area (Å²) in [6, 6.07) is 11.1. The maximum atomic E-state index is 13.3.